The van der Waals surface area contributed by atoms with Gasteiger partial charge in [-0.1, -0.05) is 6.42 Å². The summed E-state index contributed by atoms with van der Waals surface area (Å²) in [6.07, 6.45) is 6.40. The number of piperidine rings is 1. The Labute approximate surface area is 150 Å². The predicted molar refractivity (Wildman–Crippen MR) is 99.3 cm³/mol. The van der Waals surface area contributed by atoms with Crippen molar-refractivity contribution >= 4 is 11.6 Å². The van der Waals surface area contributed by atoms with Gasteiger partial charge in [-0.05, 0) is 63.5 Å². The van der Waals surface area contributed by atoms with Gasteiger partial charge < -0.3 is 14.7 Å². The lowest BCUT2D eigenvalue weighted by Gasteiger charge is -2.32. The second-order valence-corrected chi connectivity index (χ2v) is 7.37. The van der Waals surface area contributed by atoms with Gasteiger partial charge in [0.1, 0.15) is 5.82 Å². The highest BCUT2D eigenvalue weighted by Crippen LogP contribution is 2.21. The fourth-order valence-electron chi connectivity index (χ4n) is 4.03. The molecule has 5 heteroatoms. The number of rotatable bonds is 4. The maximum absolute atomic E-state index is 13.1. The Balaban J connectivity index is 1.48. The van der Waals surface area contributed by atoms with Crippen LogP contribution in [0.3, 0.4) is 0 Å². The van der Waals surface area contributed by atoms with E-state index in [4.69, 9.17) is 0 Å². The summed E-state index contributed by atoms with van der Waals surface area (Å²) in [6, 6.07) is 7.23. The minimum absolute atomic E-state index is 0.206. The summed E-state index contributed by atoms with van der Waals surface area (Å²) in [5, 5.41) is 0. The molecule has 0 saturated carbocycles. The van der Waals surface area contributed by atoms with Gasteiger partial charge in [0.25, 0.3) is 0 Å². The standard InChI is InChI=1S/C20H30FN3O/c1-22-12-3-2-5-18(22)10-11-20(25)24-14-4-13-23(15-16-24)19-8-6-17(21)7-9-19/h6-9,18H,2-5,10-16H2,1H3. The first-order valence-corrected chi connectivity index (χ1v) is 9.62. The second kappa shape index (κ2) is 8.65. The van der Waals surface area contributed by atoms with Gasteiger partial charge in [-0.15, -0.1) is 0 Å². The van der Waals surface area contributed by atoms with Gasteiger partial charge in [0.2, 0.25) is 5.91 Å². The Morgan fingerprint density at radius 2 is 1.84 bits per heavy atom. The van der Waals surface area contributed by atoms with Gasteiger partial charge in [0.05, 0.1) is 0 Å². The number of nitrogens with zero attached hydrogens (tertiary/aromatic N) is 3. The quantitative estimate of drug-likeness (QED) is 0.837. The molecule has 2 aliphatic heterocycles. The lowest BCUT2D eigenvalue weighted by atomic mass is 9.98. The molecule has 4 nitrogen and oxygen atoms in total. The van der Waals surface area contributed by atoms with Crippen molar-refractivity contribution in [2.45, 2.75) is 44.6 Å². The smallest absolute Gasteiger partial charge is 0.222 e. The third kappa shape index (κ3) is 4.94. The van der Waals surface area contributed by atoms with Gasteiger partial charge in [0, 0.05) is 44.3 Å². The van der Waals surface area contributed by atoms with E-state index >= 15 is 0 Å². The van der Waals surface area contributed by atoms with Crippen LogP contribution in [0.4, 0.5) is 10.1 Å². The molecule has 1 amide bonds. The number of likely N-dealkylation sites (tertiary alicyclic amines) is 1. The van der Waals surface area contributed by atoms with Crippen molar-refractivity contribution in [2.24, 2.45) is 0 Å². The van der Waals surface area contributed by atoms with Crippen molar-refractivity contribution < 1.29 is 9.18 Å². The number of benzene rings is 1. The Hall–Kier alpha value is -1.62. The number of hydrogen-bond acceptors (Lipinski definition) is 3. The van der Waals surface area contributed by atoms with Gasteiger partial charge in [-0.3, -0.25) is 4.79 Å². The molecule has 0 aromatic heterocycles. The summed E-state index contributed by atoms with van der Waals surface area (Å²) >= 11 is 0. The average Bonchev–Trinajstić information content (AvgIpc) is 2.88. The number of hydrogen-bond donors (Lipinski definition) is 0. The number of amides is 1. The van der Waals surface area contributed by atoms with E-state index in [0.29, 0.717) is 18.4 Å². The van der Waals surface area contributed by atoms with Crippen LogP contribution in [0.2, 0.25) is 0 Å². The number of carbonyl (C=O) groups excluding carboxylic acids is 1. The molecule has 0 radical (unpaired) electrons. The van der Waals surface area contributed by atoms with E-state index in [0.717, 1.165) is 51.3 Å². The minimum Gasteiger partial charge on any atom is -0.370 e. The summed E-state index contributed by atoms with van der Waals surface area (Å²) < 4.78 is 13.1. The summed E-state index contributed by atoms with van der Waals surface area (Å²) in [4.78, 5) is 19.3. The van der Waals surface area contributed by atoms with Gasteiger partial charge in [-0.25, -0.2) is 4.39 Å². The maximum Gasteiger partial charge on any atom is 0.222 e. The zero-order valence-electron chi connectivity index (χ0n) is 15.3. The summed E-state index contributed by atoms with van der Waals surface area (Å²) in [5.41, 5.74) is 1.04. The second-order valence-electron chi connectivity index (χ2n) is 7.37. The van der Waals surface area contributed by atoms with E-state index in [-0.39, 0.29) is 5.82 Å². The molecule has 1 unspecified atom stereocenters. The van der Waals surface area contributed by atoms with Crippen LogP contribution in [0.25, 0.3) is 0 Å². The van der Waals surface area contributed by atoms with Crippen molar-refractivity contribution in [1.29, 1.82) is 0 Å². The van der Waals surface area contributed by atoms with E-state index in [9.17, 15) is 9.18 Å². The summed E-state index contributed by atoms with van der Waals surface area (Å²) in [5.74, 6) is 0.0861. The van der Waals surface area contributed by atoms with Crippen molar-refractivity contribution in [1.82, 2.24) is 9.80 Å². The Kier molecular flexibility index (Phi) is 6.29. The van der Waals surface area contributed by atoms with E-state index < -0.39 is 0 Å². The largest absolute Gasteiger partial charge is 0.370 e. The van der Waals surface area contributed by atoms with Gasteiger partial charge in [-0.2, -0.15) is 0 Å². The molecular weight excluding hydrogens is 317 g/mol. The molecule has 3 rings (SSSR count). The molecule has 1 aromatic rings. The fraction of sp³-hybridized carbons (Fsp3) is 0.650. The van der Waals surface area contributed by atoms with Crippen LogP contribution in [0, 0.1) is 5.82 Å². The molecule has 2 heterocycles. The van der Waals surface area contributed by atoms with Crippen LogP contribution in [0.5, 0.6) is 0 Å². The predicted octanol–water partition coefficient (Wildman–Crippen LogP) is 3.13. The van der Waals surface area contributed by atoms with E-state index in [1.165, 1.54) is 31.4 Å². The SMILES string of the molecule is CN1CCCCC1CCC(=O)N1CCCN(c2ccc(F)cc2)CC1. The monoisotopic (exact) mass is 347 g/mol. The average molecular weight is 347 g/mol. The molecule has 25 heavy (non-hydrogen) atoms. The normalized spacial score (nSPS) is 22.7. The van der Waals surface area contributed by atoms with Gasteiger partial charge in [0.15, 0.2) is 0 Å². The zero-order chi connectivity index (χ0) is 17.6. The first-order chi connectivity index (χ1) is 12.1. The van der Waals surface area contributed by atoms with Crippen molar-refractivity contribution in [2.75, 3.05) is 44.7 Å². The molecule has 2 aliphatic rings. The van der Waals surface area contributed by atoms with Crippen molar-refractivity contribution in [3.63, 3.8) is 0 Å². The molecular formula is C20H30FN3O. The van der Waals surface area contributed by atoms with Crippen LogP contribution in [-0.4, -0.2) is 61.5 Å². The molecule has 0 aliphatic carbocycles. The van der Waals surface area contributed by atoms with Crippen LogP contribution in [0.15, 0.2) is 24.3 Å². The highest BCUT2D eigenvalue weighted by Gasteiger charge is 2.23. The minimum atomic E-state index is -0.206. The Morgan fingerprint density at radius 3 is 2.60 bits per heavy atom. The molecule has 138 valence electrons. The number of carbonyl (C=O) groups is 1. The van der Waals surface area contributed by atoms with Gasteiger partial charge >= 0.3 is 0 Å². The molecule has 0 bridgehead atoms. The summed E-state index contributed by atoms with van der Waals surface area (Å²) in [6.45, 7) is 4.49. The fourth-order valence-corrected chi connectivity index (χ4v) is 4.03. The van der Waals surface area contributed by atoms with Crippen LogP contribution in [0.1, 0.15) is 38.5 Å². The van der Waals surface area contributed by atoms with E-state index in [1.54, 1.807) is 0 Å². The third-order valence-corrected chi connectivity index (χ3v) is 5.65. The number of anilines is 1. The van der Waals surface area contributed by atoms with Crippen LogP contribution < -0.4 is 4.90 Å². The zero-order valence-corrected chi connectivity index (χ0v) is 15.3. The molecule has 0 N–H and O–H groups in total. The molecule has 2 fully saturated rings. The highest BCUT2D eigenvalue weighted by molar-refractivity contribution is 5.76. The molecule has 0 spiro atoms. The first-order valence-electron chi connectivity index (χ1n) is 9.62. The lowest BCUT2D eigenvalue weighted by Crippen LogP contribution is -2.39. The van der Waals surface area contributed by atoms with Crippen LogP contribution in [-0.2, 0) is 4.79 Å². The third-order valence-electron chi connectivity index (χ3n) is 5.65. The molecule has 1 aromatic carbocycles. The summed E-state index contributed by atoms with van der Waals surface area (Å²) in [7, 11) is 2.18. The number of halogens is 1. The lowest BCUT2D eigenvalue weighted by molar-refractivity contribution is -0.131. The Bertz CT molecular complexity index is 563. The Morgan fingerprint density at radius 1 is 1.04 bits per heavy atom. The first kappa shape index (κ1) is 18.2. The van der Waals surface area contributed by atoms with E-state index in [1.807, 2.05) is 17.0 Å². The van der Waals surface area contributed by atoms with Crippen molar-refractivity contribution in [3.05, 3.63) is 30.1 Å². The molecule has 2 saturated heterocycles. The van der Waals surface area contributed by atoms with E-state index in [2.05, 4.69) is 16.8 Å². The topological polar surface area (TPSA) is 26.8 Å². The molecule has 1 atom stereocenters. The van der Waals surface area contributed by atoms with Crippen molar-refractivity contribution in [3.8, 4) is 0 Å². The maximum atomic E-state index is 13.1. The highest BCUT2D eigenvalue weighted by atomic mass is 19.1. The van der Waals surface area contributed by atoms with Crippen LogP contribution >= 0.6 is 0 Å².